The smallest absolute Gasteiger partial charge is 0.348 e. The van der Waals surface area contributed by atoms with Gasteiger partial charge in [0.05, 0.1) is 11.7 Å². The molecule has 1 unspecified atom stereocenters. The highest BCUT2D eigenvalue weighted by Crippen LogP contribution is 2.40. The minimum atomic E-state index is -4.49. The van der Waals surface area contributed by atoms with Gasteiger partial charge in [0.25, 0.3) is 0 Å². The summed E-state index contributed by atoms with van der Waals surface area (Å²) in [7, 11) is 0. The Hall–Kier alpha value is -1.83. The second-order valence-corrected chi connectivity index (χ2v) is 7.35. The molecule has 0 amide bonds. The van der Waals surface area contributed by atoms with Gasteiger partial charge in [-0.3, -0.25) is 4.68 Å². The maximum absolute atomic E-state index is 12.7. The van der Waals surface area contributed by atoms with Crippen LogP contribution in [0.1, 0.15) is 49.7 Å². The predicted octanol–water partition coefficient (Wildman–Crippen LogP) is 4.65. The lowest BCUT2D eigenvalue weighted by molar-refractivity contribution is -0.141. The lowest BCUT2D eigenvalue weighted by atomic mass is 10.1. The van der Waals surface area contributed by atoms with Crippen LogP contribution in [0.25, 0.3) is 0 Å². The molecule has 2 aromatic rings. The first-order chi connectivity index (χ1) is 12.2. The third kappa shape index (κ3) is 3.65. The minimum absolute atomic E-state index is 0.0607. The summed E-state index contributed by atoms with van der Waals surface area (Å²) in [5, 5.41) is 12.3. The number of rotatable bonds is 4. The number of hydrogen-bond donors (Lipinski definition) is 0. The van der Waals surface area contributed by atoms with Crippen molar-refractivity contribution in [3.63, 3.8) is 0 Å². The van der Waals surface area contributed by atoms with Gasteiger partial charge in [0.1, 0.15) is 5.15 Å². The highest BCUT2D eigenvalue weighted by atomic mass is 35.5. The summed E-state index contributed by atoms with van der Waals surface area (Å²) in [6.45, 7) is 7.49. The first-order valence-corrected chi connectivity index (χ1v) is 8.96. The average Bonchev–Trinajstić information content (AvgIpc) is 3.11. The number of anilines is 1. The average molecular weight is 388 g/mol. The molecule has 3 heterocycles. The third-order valence-electron chi connectivity index (χ3n) is 4.47. The minimum Gasteiger partial charge on any atom is -0.348 e. The molecule has 0 spiro atoms. The Balaban J connectivity index is 1.90. The van der Waals surface area contributed by atoms with Crippen molar-refractivity contribution in [3.8, 4) is 0 Å². The zero-order chi connectivity index (χ0) is 19.1. The highest BCUT2D eigenvalue weighted by molar-refractivity contribution is 6.30. The largest absolute Gasteiger partial charge is 0.435 e. The topological polar surface area (TPSA) is 46.8 Å². The molecule has 3 rings (SSSR count). The molecule has 1 aliphatic heterocycles. The van der Waals surface area contributed by atoms with E-state index in [1.54, 1.807) is 4.68 Å². The van der Waals surface area contributed by atoms with E-state index in [1.165, 1.54) is 6.07 Å². The predicted molar refractivity (Wildman–Crippen MR) is 93.2 cm³/mol. The van der Waals surface area contributed by atoms with Crippen molar-refractivity contribution in [3.05, 3.63) is 34.2 Å². The van der Waals surface area contributed by atoms with Gasteiger partial charge in [-0.25, -0.2) is 0 Å². The van der Waals surface area contributed by atoms with Gasteiger partial charge < -0.3 is 4.90 Å². The molecule has 1 saturated heterocycles. The summed E-state index contributed by atoms with van der Waals surface area (Å²) in [6, 6.07) is 2.28. The molecule has 9 heteroatoms. The fourth-order valence-electron chi connectivity index (χ4n) is 3.38. The van der Waals surface area contributed by atoms with E-state index >= 15 is 0 Å². The van der Waals surface area contributed by atoms with Crippen LogP contribution >= 0.6 is 11.6 Å². The molecule has 2 aromatic heterocycles. The van der Waals surface area contributed by atoms with E-state index in [2.05, 4.69) is 29.1 Å². The molecule has 1 aliphatic rings. The van der Waals surface area contributed by atoms with Gasteiger partial charge in [0, 0.05) is 18.7 Å². The van der Waals surface area contributed by atoms with E-state index in [9.17, 15) is 13.2 Å². The van der Waals surface area contributed by atoms with Crippen molar-refractivity contribution in [2.24, 2.45) is 5.92 Å². The summed E-state index contributed by atoms with van der Waals surface area (Å²) in [4.78, 5) is 1.96. The van der Waals surface area contributed by atoms with Gasteiger partial charge in [-0.2, -0.15) is 18.3 Å². The van der Waals surface area contributed by atoms with E-state index in [1.807, 2.05) is 11.8 Å². The normalized spacial score (nSPS) is 18.2. The van der Waals surface area contributed by atoms with Crippen LogP contribution in [0.3, 0.4) is 0 Å². The number of aryl methyl sites for hydroxylation is 1. The number of aromatic nitrogens is 4. The second-order valence-electron chi connectivity index (χ2n) is 6.99. The lowest BCUT2D eigenvalue weighted by Gasteiger charge is -2.25. The number of nitrogens with zero attached hydrogens (tertiary/aromatic N) is 5. The van der Waals surface area contributed by atoms with Gasteiger partial charge in [-0.1, -0.05) is 25.4 Å². The van der Waals surface area contributed by atoms with Crippen LogP contribution in [0, 0.1) is 12.8 Å². The molecule has 1 atom stereocenters. The third-order valence-corrected chi connectivity index (χ3v) is 4.87. The number of hydrogen-bond acceptors (Lipinski definition) is 4. The summed E-state index contributed by atoms with van der Waals surface area (Å²) < 4.78 is 39.9. The van der Waals surface area contributed by atoms with E-state index in [4.69, 9.17) is 11.6 Å². The Kier molecular flexibility index (Phi) is 5.14. The van der Waals surface area contributed by atoms with Gasteiger partial charge in [0.2, 0.25) is 0 Å². The van der Waals surface area contributed by atoms with Crippen LogP contribution < -0.4 is 4.90 Å². The second kappa shape index (κ2) is 7.06. The van der Waals surface area contributed by atoms with Crippen LogP contribution in [-0.2, 0) is 12.7 Å². The zero-order valence-corrected chi connectivity index (χ0v) is 15.6. The van der Waals surface area contributed by atoms with Crippen LogP contribution in [0.5, 0.6) is 0 Å². The molecule has 0 N–H and O–H groups in total. The quantitative estimate of drug-likeness (QED) is 0.766. The molecule has 26 heavy (non-hydrogen) atoms. The fourth-order valence-corrected chi connectivity index (χ4v) is 3.75. The lowest BCUT2D eigenvalue weighted by Crippen LogP contribution is -2.25. The molecular formula is C17H21ClF3N5. The number of halogens is 4. The molecule has 0 bridgehead atoms. The Bertz CT molecular complexity index is 770. The maximum atomic E-state index is 12.7. The van der Waals surface area contributed by atoms with Crippen LogP contribution in [0.15, 0.2) is 12.1 Å². The van der Waals surface area contributed by atoms with Crippen LogP contribution in [0.4, 0.5) is 19.0 Å². The van der Waals surface area contributed by atoms with E-state index in [-0.39, 0.29) is 6.04 Å². The molecule has 5 nitrogen and oxygen atoms in total. The van der Waals surface area contributed by atoms with Crippen molar-refractivity contribution in [2.75, 3.05) is 11.4 Å². The fraction of sp³-hybridized carbons (Fsp3) is 0.588. The molecule has 142 valence electrons. The molecule has 0 saturated carbocycles. The van der Waals surface area contributed by atoms with E-state index < -0.39 is 11.9 Å². The van der Waals surface area contributed by atoms with Crippen molar-refractivity contribution in [2.45, 2.75) is 52.4 Å². The Morgan fingerprint density at radius 1 is 1.27 bits per heavy atom. The maximum Gasteiger partial charge on any atom is 0.435 e. The standard InChI is InChI=1S/C17H21ClF3N5/c1-10(2)9-26-16(18)15(11(3)24-26)12-5-4-8-25(12)14-7-6-13(22-23-14)17(19,20)21/h6-7,10,12H,4-5,8-9H2,1-3H3. The zero-order valence-electron chi connectivity index (χ0n) is 14.9. The SMILES string of the molecule is Cc1nn(CC(C)C)c(Cl)c1C1CCCN1c1ccc(C(F)(F)F)nn1. The molecule has 0 radical (unpaired) electrons. The summed E-state index contributed by atoms with van der Waals surface area (Å²) in [6.07, 6.45) is -2.75. The van der Waals surface area contributed by atoms with Crippen molar-refractivity contribution in [1.29, 1.82) is 0 Å². The first kappa shape index (κ1) is 18.9. The Morgan fingerprint density at radius 3 is 2.58 bits per heavy atom. The monoisotopic (exact) mass is 387 g/mol. The molecule has 0 aromatic carbocycles. The van der Waals surface area contributed by atoms with Crippen molar-refractivity contribution in [1.82, 2.24) is 20.0 Å². The van der Waals surface area contributed by atoms with Crippen molar-refractivity contribution < 1.29 is 13.2 Å². The van der Waals surface area contributed by atoms with Gasteiger partial charge >= 0.3 is 6.18 Å². The number of alkyl halides is 3. The van der Waals surface area contributed by atoms with E-state index in [0.29, 0.717) is 30.0 Å². The summed E-state index contributed by atoms with van der Waals surface area (Å²) >= 11 is 6.58. The molecule has 0 aliphatic carbocycles. The van der Waals surface area contributed by atoms with Crippen molar-refractivity contribution >= 4 is 17.4 Å². The first-order valence-electron chi connectivity index (χ1n) is 8.59. The van der Waals surface area contributed by atoms with E-state index in [0.717, 1.165) is 30.2 Å². The summed E-state index contributed by atoms with van der Waals surface area (Å²) in [5.74, 6) is 0.827. The Labute approximate surface area is 155 Å². The van der Waals surface area contributed by atoms with Crippen LogP contribution in [-0.4, -0.2) is 26.5 Å². The highest BCUT2D eigenvalue weighted by Gasteiger charge is 2.35. The van der Waals surface area contributed by atoms with Crippen LogP contribution in [0.2, 0.25) is 5.15 Å². The van der Waals surface area contributed by atoms with Gasteiger partial charge in [0.15, 0.2) is 11.5 Å². The molecule has 1 fully saturated rings. The van der Waals surface area contributed by atoms with Gasteiger partial charge in [-0.05, 0) is 37.8 Å². The van der Waals surface area contributed by atoms with Gasteiger partial charge in [-0.15, -0.1) is 10.2 Å². The summed E-state index contributed by atoms with van der Waals surface area (Å²) in [5.41, 5.74) is 0.773. The Morgan fingerprint density at radius 2 is 2.00 bits per heavy atom. The molecular weight excluding hydrogens is 367 g/mol.